The van der Waals surface area contributed by atoms with Crippen LogP contribution in [0.2, 0.25) is 0 Å². The molecule has 1 aromatic carbocycles. The van der Waals surface area contributed by atoms with Crippen molar-refractivity contribution in [1.29, 1.82) is 0 Å². The number of carboxylic acid groups (broad SMARTS) is 1. The Kier molecular flexibility index (Phi) is 3.50. The predicted octanol–water partition coefficient (Wildman–Crippen LogP) is 1.84. The fourth-order valence-corrected chi connectivity index (χ4v) is 2.09. The zero-order valence-electron chi connectivity index (χ0n) is 10.1. The van der Waals surface area contributed by atoms with Gasteiger partial charge in [0, 0.05) is 13.1 Å². The van der Waals surface area contributed by atoms with Gasteiger partial charge in [-0.15, -0.1) is 0 Å². The van der Waals surface area contributed by atoms with Gasteiger partial charge in [0.2, 0.25) is 0 Å². The molecule has 96 valence electrons. The summed E-state index contributed by atoms with van der Waals surface area (Å²) in [5.74, 6) is -0.953. The van der Waals surface area contributed by atoms with Crippen LogP contribution < -0.4 is 4.74 Å². The second-order valence-corrected chi connectivity index (χ2v) is 4.51. The molecule has 1 aliphatic heterocycles. The lowest BCUT2D eigenvalue weighted by Crippen LogP contribution is -2.32. The zero-order valence-corrected chi connectivity index (χ0v) is 10.1. The standard InChI is InChI=1S/C13H15NO4/c1-9-7-14(8-11(9)12(15)16)13(17)18-10-5-3-2-4-6-10/h2-6,9,11H,7-8H2,1H3,(H,15,16). The molecule has 2 rings (SSSR count). The highest BCUT2D eigenvalue weighted by Crippen LogP contribution is 2.24. The number of para-hydroxylation sites is 1. The van der Waals surface area contributed by atoms with Gasteiger partial charge >= 0.3 is 12.1 Å². The van der Waals surface area contributed by atoms with Crippen LogP contribution in [0.3, 0.4) is 0 Å². The predicted molar refractivity (Wildman–Crippen MR) is 64.3 cm³/mol. The summed E-state index contributed by atoms with van der Waals surface area (Å²) < 4.78 is 5.17. The molecule has 0 aromatic heterocycles. The van der Waals surface area contributed by atoms with E-state index >= 15 is 0 Å². The zero-order chi connectivity index (χ0) is 13.1. The molecule has 5 heteroatoms. The first-order valence-electron chi connectivity index (χ1n) is 5.82. The summed E-state index contributed by atoms with van der Waals surface area (Å²) in [6.07, 6.45) is -0.489. The first-order chi connectivity index (χ1) is 8.58. The van der Waals surface area contributed by atoms with Crippen LogP contribution in [0.25, 0.3) is 0 Å². The third-order valence-corrected chi connectivity index (χ3v) is 3.14. The highest BCUT2D eigenvalue weighted by atomic mass is 16.6. The Morgan fingerprint density at radius 2 is 1.94 bits per heavy atom. The monoisotopic (exact) mass is 249 g/mol. The van der Waals surface area contributed by atoms with Crippen molar-refractivity contribution >= 4 is 12.1 Å². The summed E-state index contributed by atoms with van der Waals surface area (Å²) >= 11 is 0. The van der Waals surface area contributed by atoms with Crippen LogP contribution in [-0.2, 0) is 4.79 Å². The summed E-state index contributed by atoms with van der Waals surface area (Å²) in [5.41, 5.74) is 0. The van der Waals surface area contributed by atoms with E-state index < -0.39 is 18.0 Å². The van der Waals surface area contributed by atoms with Crippen LogP contribution in [0, 0.1) is 11.8 Å². The molecule has 0 saturated carbocycles. The van der Waals surface area contributed by atoms with Gasteiger partial charge in [-0.05, 0) is 18.1 Å². The Morgan fingerprint density at radius 1 is 1.28 bits per heavy atom. The molecule has 1 saturated heterocycles. The number of ether oxygens (including phenoxy) is 1. The topological polar surface area (TPSA) is 66.8 Å². The molecule has 0 bridgehead atoms. The van der Waals surface area contributed by atoms with E-state index in [4.69, 9.17) is 9.84 Å². The van der Waals surface area contributed by atoms with E-state index in [0.29, 0.717) is 12.3 Å². The second-order valence-electron chi connectivity index (χ2n) is 4.51. The van der Waals surface area contributed by atoms with E-state index in [1.807, 2.05) is 13.0 Å². The van der Waals surface area contributed by atoms with E-state index in [1.54, 1.807) is 24.3 Å². The van der Waals surface area contributed by atoms with Crippen LogP contribution in [0.15, 0.2) is 30.3 Å². The van der Waals surface area contributed by atoms with Gasteiger partial charge in [-0.3, -0.25) is 4.79 Å². The molecule has 2 atom stereocenters. The number of benzene rings is 1. The molecule has 18 heavy (non-hydrogen) atoms. The second kappa shape index (κ2) is 5.08. The number of carbonyl (C=O) groups excluding carboxylic acids is 1. The largest absolute Gasteiger partial charge is 0.481 e. The van der Waals surface area contributed by atoms with Gasteiger partial charge < -0.3 is 14.7 Å². The first kappa shape index (κ1) is 12.4. The summed E-state index contributed by atoms with van der Waals surface area (Å²) in [5, 5.41) is 8.99. The normalized spacial score (nSPS) is 22.8. The van der Waals surface area contributed by atoms with Crippen LogP contribution >= 0.6 is 0 Å². The fraction of sp³-hybridized carbons (Fsp3) is 0.385. The van der Waals surface area contributed by atoms with E-state index in [1.165, 1.54) is 4.90 Å². The van der Waals surface area contributed by atoms with Crippen LogP contribution in [0.4, 0.5) is 4.79 Å². The lowest BCUT2D eigenvalue weighted by Gasteiger charge is -2.15. The third kappa shape index (κ3) is 2.61. The van der Waals surface area contributed by atoms with Crippen LogP contribution in [-0.4, -0.2) is 35.2 Å². The fourth-order valence-electron chi connectivity index (χ4n) is 2.09. The van der Waals surface area contributed by atoms with E-state index in [9.17, 15) is 9.59 Å². The van der Waals surface area contributed by atoms with Gasteiger partial charge in [-0.1, -0.05) is 25.1 Å². The minimum Gasteiger partial charge on any atom is -0.481 e. The number of aliphatic carboxylic acids is 1. The van der Waals surface area contributed by atoms with Gasteiger partial charge in [-0.25, -0.2) is 4.79 Å². The number of hydrogen-bond donors (Lipinski definition) is 1. The van der Waals surface area contributed by atoms with Crippen molar-refractivity contribution in [1.82, 2.24) is 4.90 Å². The van der Waals surface area contributed by atoms with Gasteiger partial charge in [0.25, 0.3) is 0 Å². The Labute approximate surface area is 105 Å². The number of rotatable bonds is 2. The van der Waals surface area contributed by atoms with Crippen LogP contribution in [0.1, 0.15) is 6.92 Å². The molecule has 2 unspecified atom stereocenters. The summed E-state index contributed by atoms with van der Waals surface area (Å²) in [6, 6.07) is 8.75. The maximum Gasteiger partial charge on any atom is 0.415 e. The van der Waals surface area contributed by atoms with Gasteiger partial charge in [-0.2, -0.15) is 0 Å². The maximum atomic E-state index is 11.8. The Bertz CT molecular complexity index is 446. The SMILES string of the molecule is CC1CN(C(=O)Oc2ccccc2)CC1C(=O)O. The average Bonchev–Trinajstić information content (AvgIpc) is 2.73. The summed E-state index contributed by atoms with van der Waals surface area (Å²) in [7, 11) is 0. The van der Waals surface area contributed by atoms with Gasteiger partial charge in [0.1, 0.15) is 5.75 Å². The molecule has 0 aliphatic carbocycles. The Balaban J connectivity index is 1.97. The first-order valence-corrected chi connectivity index (χ1v) is 5.82. The Morgan fingerprint density at radius 3 is 2.50 bits per heavy atom. The molecule has 5 nitrogen and oxygen atoms in total. The highest BCUT2D eigenvalue weighted by molar-refractivity contribution is 5.75. The van der Waals surface area contributed by atoms with Crippen molar-refractivity contribution in [3.05, 3.63) is 30.3 Å². The quantitative estimate of drug-likeness (QED) is 0.868. The smallest absolute Gasteiger partial charge is 0.415 e. The van der Waals surface area contributed by atoms with Crippen LogP contribution in [0.5, 0.6) is 5.75 Å². The van der Waals surface area contributed by atoms with Gasteiger partial charge in [0.15, 0.2) is 0 Å². The molecule has 1 aliphatic rings. The van der Waals surface area contributed by atoms with E-state index in [0.717, 1.165) is 0 Å². The number of carbonyl (C=O) groups is 2. The number of hydrogen-bond acceptors (Lipinski definition) is 3. The molecular formula is C13H15NO4. The number of likely N-dealkylation sites (tertiary alicyclic amines) is 1. The minimum absolute atomic E-state index is 0.0502. The number of carboxylic acids is 1. The van der Waals surface area contributed by atoms with Crippen molar-refractivity contribution in [2.24, 2.45) is 11.8 Å². The molecule has 0 spiro atoms. The van der Waals surface area contributed by atoms with Crippen molar-refractivity contribution < 1.29 is 19.4 Å². The molecule has 1 heterocycles. The van der Waals surface area contributed by atoms with E-state index in [-0.39, 0.29) is 12.5 Å². The third-order valence-electron chi connectivity index (χ3n) is 3.14. The lowest BCUT2D eigenvalue weighted by molar-refractivity contribution is -0.142. The maximum absolute atomic E-state index is 11.8. The molecule has 1 amide bonds. The molecule has 1 aromatic rings. The van der Waals surface area contributed by atoms with Gasteiger partial charge in [0.05, 0.1) is 5.92 Å². The number of nitrogens with zero attached hydrogens (tertiary/aromatic N) is 1. The van der Waals surface area contributed by atoms with Crippen molar-refractivity contribution in [3.8, 4) is 5.75 Å². The van der Waals surface area contributed by atoms with Crippen molar-refractivity contribution in [2.45, 2.75) is 6.92 Å². The van der Waals surface area contributed by atoms with E-state index in [2.05, 4.69) is 0 Å². The molecule has 0 radical (unpaired) electrons. The lowest BCUT2D eigenvalue weighted by atomic mass is 9.99. The highest BCUT2D eigenvalue weighted by Gasteiger charge is 2.37. The van der Waals surface area contributed by atoms with Crippen molar-refractivity contribution in [2.75, 3.05) is 13.1 Å². The Hall–Kier alpha value is -2.04. The van der Waals surface area contributed by atoms with Crippen molar-refractivity contribution in [3.63, 3.8) is 0 Å². The summed E-state index contributed by atoms with van der Waals surface area (Å²) in [4.78, 5) is 24.2. The molecule has 1 fully saturated rings. The molecule has 1 N–H and O–H groups in total. The number of amides is 1. The molecular weight excluding hydrogens is 234 g/mol. The average molecular weight is 249 g/mol. The summed E-state index contributed by atoms with van der Waals surface area (Å²) in [6.45, 7) is 2.46. The minimum atomic E-state index is -0.863.